The topological polar surface area (TPSA) is 81.9 Å². The number of aromatic nitrogens is 4. The van der Waals surface area contributed by atoms with Crippen LogP contribution in [0.3, 0.4) is 0 Å². The molecule has 0 aliphatic carbocycles. The zero-order valence-corrected chi connectivity index (χ0v) is 14.3. The molecule has 2 aromatic carbocycles. The summed E-state index contributed by atoms with van der Waals surface area (Å²) >= 11 is 5.94. The predicted molar refractivity (Wildman–Crippen MR) is 93.4 cm³/mol. The summed E-state index contributed by atoms with van der Waals surface area (Å²) in [6.45, 7) is 2.02. The highest BCUT2D eigenvalue weighted by Crippen LogP contribution is 2.20. The summed E-state index contributed by atoms with van der Waals surface area (Å²) in [6, 6.07) is 14.6. The molecule has 1 N–H and O–H groups in total. The number of hydrogen-bond acceptors (Lipinski definition) is 5. The van der Waals surface area contributed by atoms with Crippen LogP contribution in [-0.4, -0.2) is 26.1 Å². The van der Waals surface area contributed by atoms with Crippen molar-refractivity contribution < 1.29 is 9.53 Å². The molecular formula is C17H16ClN5O2. The van der Waals surface area contributed by atoms with Crippen molar-refractivity contribution in [3.8, 4) is 5.75 Å². The van der Waals surface area contributed by atoms with Gasteiger partial charge < -0.3 is 10.1 Å². The maximum atomic E-state index is 12.1. The molecule has 8 heteroatoms. The first-order valence-electron chi connectivity index (χ1n) is 7.61. The lowest BCUT2D eigenvalue weighted by molar-refractivity contribution is -0.117. The smallest absolute Gasteiger partial charge is 0.248 e. The van der Waals surface area contributed by atoms with Crippen LogP contribution in [0.25, 0.3) is 0 Å². The van der Waals surface area contributed by atoms with Gasteiger partial charge in [-0.25, -0.2) is 0 Å². The highest BCUT2D eigenvalue weighted by Gasteiger charge is 2.10. The minimum atomic E-state index is -0.265. The molecule has 0 atom stereocenters. The van der Waals surface area contributed by atoms with Crippen molar-refractivity contribution in [3.63, 3.8) is 0 Å². The molecule has 1 heterocycles. The van der Waals surface area contributed by atoms with Crippen LogP contribution in [0, 0.1) is 6.92 Å². The molecule has 0 saturated carbocycles. The normalized spacial score (nSPS) is 10.5. The van der Waals surface area contributed by atoms with Crippen molar-refractivity contribution in [1.82, 2.24) is 20.2 Å². The Morgan fingerprint density at radius 1 is 1.24 bits per heavy atom. The molecule has 3 aromatic rings. The monoisotopic (exact) mass is 357 g/mol. The molecule has 0 fully saturated rings. The Hall–Kier alpha value is -2.93. The molecule has 0 unspecified atom stereocenters. The molecule has 1 amide bonds. The lowest BCUT2D eigenvalue weighted by Gasteiger charge is -2.08. The minimum Gasteiger partial charge on any atom is -0.485 e. The molecule has 3 rings (SSSR count). The number of hydrogen-bond donors (Lipinski definition) is 1. The first-order valence-corrected chi connectivity index (χ1v) is 7.98. The number of halogens is 1. The maximum absolute atomic E-state index is 12.1. The van der Waals surface area contributed by atoms with Gasteiger partial charge in [0.15, 0.2) is 6.61 Å². The molecule has 25 heavy (non-hydrogen) atoms. The Kier molecular flexibility index (Phi) is 5.25. The van der Waals surface area contributed by atoms with Crippen LogP contribution in [0.15, 0.2) is 48.5 Å². The van der Waals surface area contributed by atoms with Gasteiger partial charge in [0.1, 0.15) is 12.3 Å². The second-order valence-electron chi connectivity index (χ2n) is 5.35. The van der Waals surface area contributed by atoms with Crippen LogP contribution in [0.2, 0.25) is 5.02 Å². The second kappa shape index (κ2) is 7.76. The molecule has 0 bridgehead atoms. The van der Waals surface area contributed by atoms with Crippen LogP contribution in [0.4, 0.5) is 5.69 Å². The molecule has 0 saturated heterocycles. The Bertz CT molecular complexity index is 866. The van der Waals surface area contributed by atoms with Crippen molar-refractivity contribution in [2.24, 2.45) is 0 Å². The second-order valence-corrected chi connectivity index (χ2v) is 5.78. The number of amides is 1. The molecule has 128 valence electrons. The fourth-order valence-corrected chi connectivity index (χ4v) is 2.28. The first kappa shape index (κ1) is 16.9. The summed E-state index contributed by atoms with van der Waals surface area (Å²) in [6.07, 6.45) is 0. The van der Waals surface area contributed by atoms with Crippen molar-refractivity contribution in [3.05, 3.63) is 64.9 Å². The van der Waals surface area contributed by atoms with E-state index in [1.165, 1.54) is 4.80 Å². The zero-order chi connectivity index (χ0) is 17.6. The standard InChI is InChI=1S/C17H16ClN5O2/c1-12-7-8-13(18)9-15(12)19-17(24)10-23-21-16(20-22-23)11-25-14-5-3-2-4-6-14/h2-9H,10-11H2,1H3,(H,19,24). The van der Waals surface area contributed by atoms with Gasteiger partial charge in [0, 0.05) is 10.7 Å². The summed E-state index contributed by atoms with van der Waals surface area (Å²) in [5.74, 6) is 0.849. The van der Waals surface area contributed by atoms with Crippen molar-refractivity contribution in [2.45, 2.75) is 20.1 Å². The van der Waals surface area contributed by atoms with E-state index in [4.69, 9.17) is 16.3 Å². The van der Waals surface area contributed by atoms with Crippen molar-refractivity contribution in [1.29, 1.82) is 0 Å². The Labute approximate surface area is 149 Å². The van der Waals surface area contributed by atoms with Crippen LogP contribution < -0.4 is 10.1 Å². The van der Waals surface area contributed by atoms with E-state index in [0.717, 1.165) is 5.56 Å². The van der Waals surface area contributed by atoms with Gasteiger partial charge in [-0.2, -0.15) is 4.80 Å². The van der Waals surface area contributed by atoms with E-state index in [2.05, 4.69) is 20.7 Å². The quantitative estimate of drug-likeness (QED) is 0.733. The highest BCUT2D eigenvalue weighted by molar-refractivity contribution is 6.31. The predicted octanol–water partition coefficient (Wildman–Crippen LogP) is 2.85. The summed E-state index contributed by atoms with van der Waals surface area (Å²) in [7, 11) is 0. The number of para-hydroxylation sites is 1. The third kappa shape index (κ3) is 4.77. The number of carbonyl (C=O) groups is 1. The number of anilines is 1. The number of benzene rings is 2. The molecule has 0 aliphatic rings. The maximum Gasteiger partial charge on any atom is 0.248 e. The SMILES string of the molecule is Cc1ccc(Cl)cc1NC(=O)Cn1nnc(COc2ccccc2)n1. The van der Waals surface area contributed by atoms with Crippen LogP contribution >= 0.6 is 11.6 Å². The summed E-state index contributed by atoms with van der Waals surface area (Å²) < 4.78 is 5.54. The molecular weight excluding hydrogens is 342 g/mol. The minimum absolute atomic E-state index is 0.0513. The number of rotatable bonds is 6. The van der Waals surface area contributed by atoms with E-state index < -0.39 is 0 Å². The van der Waals surface area contributed by atoms with E-state index >= 15 is 0 Å². The number of ether oxygens (including phenoxy) is 1. The summed E-state index contributed by atoms with van der Waals surface area (Å²) in [5, 5.41) is 15.2. The van der Waals surface area contributed by atoms with E-state index in [0.29, 0.717) is 22.3 Å². The first-order chi connectivity index (χ1) is 12.1. The van der Waals surface area contributed by atoms with E-state index in [1.807, 2.05) is 43.3 Å². The van der Waals surface area contributed by atoms with Gasteiger partial charge in [-0.3, -0.25) is 4.79 Å². The van der Waals surface area contributed by atoms with Gasteiger partial charge in [-0.05, 0) is 42.0 Å². The van der Waals surface area contributed by atoms with Gasteiger partial charge in [0.25, 0.3) is 0 Å². The van der Waals surface area contributed by atoms with Crippen LogP contribution in [-0.2, 0) is 17.9 Å². The fourth-order valence-electron chi connectivity index (χ4n) is 2.11. The molecule has 0 radical (unpaired) electrons. The summed E-state index contributed by atoms with van der Waals surface area (Å²) in [4.78, 5) is 13.3. The van der Waals surface area contributed by atoms with E-state index in [9.17, 15) is 4.79 Å². The Morgan fingerprint density at radius 3 is 2.84 bits per heavy atom. The Morgan fingerprint density at radius 2 is 2.04 bits per heavy atom. The molecule has 7 nitrogen and oxygen atoms in total. The average molecular weight is 358 g/mol. The van der Waals surface area contributed by atoms with Crippen LogP contribution in [0.1, 0.15) is 11.4 Å². The van der Waals surface area contributed by atoms with Gasteiger partial charge in [-0.1, -0.05) is 35.9 Å². The fraction of sp³-hybridized carbons (Fsp3) is 0.176. The molecule has 1 aromatic heterocycles. The highest BCUT2D eigenvalue weighted by atomic mass is 35.5. The average Bonchev–Trinajstić information content (AvgIpc) is 3.04. The van der Waals surface area contributed by atoms with Crippen molar-refractivity contribution >= 4 is 23.2 Å². The molecule has 0 spiro atoms. The summed E-state index contributed by atoms with van der Waals surface area (Å²) in [5.41, 5.74) is 1.58. The lowest BCUT2D eigenvalue weighted by Crippen LogP contribution is -2.21. The number of tetrazole rings is 1. The number of nitrogens with one attached hydrogen (secondary N) is 1. The number of carbonyl (C=O) groups excluding carboxylic acids is 1. The van der Waals surface area contributed by atoms with Gasteiger partial charge >= 0.3 is 0 Å². The third-order valence-electron chi connectivity index (χ3n) is 3.36. The lowest BCUT2D eigenvalue weighted by atomic mass is 10.2. The number of nitrogens with zero attached hydrogens (tertiary/aromatic N) is 4. The van der Waals surface area contributed by atoms with E-state index in [1.54, 1.807) is 12.1 Å². The van der Waals surface area contributed by atoms with Gasteiger partial charge in [0.2, 0.25) is 11.7 Å². The zero-order valence-electron chi connectivity index (χ0n) is 13.5. The number of aryl methyl sites for hydroxylation is 1. The van der Waals surface area contributed by atoms with E-state index in [-0.39, 0.29) is 19.1 Å². The van der Waals surface area contributed by atoms with Crippen molar-refractivity contribution in [2.75, 3.05) is 5.32 Å². The van der Waals surface area contributed by atoms with Gasteiger partial charge in [-0.15, -0.1) is 10.2 Å². The van der Waals surface area contributed by atoms with Gasteiger partial charge in [0.05, 0.1) is 0 Å². The Balaban J connectivity index is 1.55. The largest absolute Gasteiger partial charge is 0.485 e. The van der Waals surface area contributed by atoms with Crippen LogP contribution in [0.5, 0.6) is 5.75 Å². The molecule has 0 aliphatic heterocycles. The third-order valence-corrected chi connectivity index (χ3v) is 3.60.